The Kier molecular flexibility index (Phi) is 7.26. The monoisotopic (exact) mass is 508 g/mol. The van der Waals surface area contributed by atoms with Crippen molar-refractivity contribution in [3.8, 4) is 0 Å². The van der Waals surface area contributed by atoms with Crippen LogP contribution in [0.4, 0.5) is 15.1 Å². The zero-order valence-corrected chi connectivity index (χ0v) is 21.6. The minimum atomic E-state index is -0.637. The first-order valence-corrected chi connectivity index (χ1v) is 12.6. The van der Waals surface area contributed by atoms with Crippen LogP contribution in [0.25, 0.3) is 0 Å². The first-order valence-electron chi connectivity index (χ1n) is 11.8. The Morgan fingerprint density at radius 3 is 2.31 bits per heavy atom. The van der Waals surface area contributed by atoms with Gasteiger partial charge in [0.1, 0.15) is 10.8 Å². The maximum absolute atomic E-state index is 14.3. The van der Waals surface area contributed by atoms with Crippen LogP contribution >= 0.6 is 11.3 Å². The molecule has 0 saturated heterocycles. The van der Waals surface area contributed by atoms with Crippen molar-refractivity contribution in [1.29, 1.82) is 0 Å². The number of rotatable bonds is 5. The van der Waals surface area contributed by atoms with Crippen LogP contribution in [0.2, 0.25) is 0 Å². The van der Waals surface area contributed by atoms with E-state index in [4.69, 9.17) is 4.74 Å². The number of esters is 1. The van der Waals surface area contributed by atoms with E-state index in [9.17, 15) is 18.8 Å². The number of amides is 2. The van der Waals surface area contributed by atoms with Crippen molar-refractivity contribution < 1.29 is 23.5 Å². The number of benzene rings is 2. The van der Waals surface area contributed by atoms with Crippen molar-refractivity contribution in [3.63, 3.8) is 0 Å². The number of anilines is 2. The molecule has 36 heavy (non-hydrogen) atoms. The molecule has 8 heteroatoms. The van der Waals surface area contributed by atoms with Crippen LogP contribution in [0.3, 0.4) is 0 Å². The van der Waals surface area contributed by atoms with Crippen LogP contribution < -0.4 is 10.6 Å². The fourth-order valence-electron chi connectivity index (χ4n) is 4.53. The molecule has 2 N–H and O–H groups in total. The summed E-state index contributed by atoms with van der Waals surface area (Å²) >= 11 is 1.36. The van der Waals surface area contributed by atoms with Gasteiger partial charge in [-0.2, -0.15) is 0 Å². The van der Waals surface area contributed by atoms with Crippen molar-refractivity contribution in [2.24, 2.45) is 11.3 Å². The summed E-state index contributed by atoms with van der Waals surface area (Å²) in [6.07, 6.45) is 2.38. The molecule has 4 rings (SSSR count). The number of para-hydroxylation sites is 1. The van der Waals surface area contributed by atoms with E-state index in [2.05, 4.69) is 31.4 Å². The van der Waals surface area contributed by atoms with Gasteiger partial charge in [0.25, 0.3) is 11.8 Å². The number of methoxy groups -OCH3 is 1. The lowest BCUT2D eigenvalue weighted by molar-refractivity contribution is 0.0601. The summed E-state index contributed by atoms with van der Waals surface area (Å²) in [6, 6.07) is 12.3. The van der Waals surface area contributed by atoms with Gasteiger partial charge >= 0.3 is 5.97 Å². The molecule has 0 unspecified atom stereocenters. The standard InChI is InChI=1S/C28H29FN2O4S/c1-28(2,3)16-13-14-19-22(15-16)36-26(31-24(32)17-9-5-7-11-20(17)29)23(19)25(33)30-21-12-8-6-10-18(21)27(34)35-4/h5-12,16H,13-15H2,1-4H3,(H,30,33)(H,31,32)/t16-/m1/s1. The zero-order chi connectivity index (χ0) is 26.0. The molecule has 6 nitrogen and oxygen atoms in total. The molecule has 1 heterocycles. The Labute approximate surface area is 213 Å². The van der Waals surface area contributed by atoms with Crippen LogP contribution in [0, 0.1) is 17.2 Å². The number of nitrogens with one attached hydrogen (secondary N) is 2. The van der Waals surface area contributed by atoms with Crippen LogP contribution in [0.5, 0.6) is 0 Å². The highest BCUT2D eigenvalue weighted by Gasteiger charge is 2.34. The second kappa shape index (κ2) is 10.2. The van der Waals surface area contributed by atoms with Gasteiger partial charge in [0.05, 0.1) is 29.5 Å². The van der Waals surface area contributed by atoms with E-state index in [1.165, 1.54) is 36.6 Å². The number of carbonyl (C=O) groups is 3. The van der Waals surface area contributed by atoms with Crippen molar-refractivity contribution in [1.82, 2.24) is 0 Å². The van der Waals surface area contributed by atoms with Gasteiger partial charge in [-0.05, 0) is 60.4 Å². The molecule has 0 spiro atoms. The largest absolute Gasteiger partial charge is 0.465 e. The molecule has 3 aromatic rings. The van der Waals surface area contributed by atoms with Gasteiger partial charge in [-0.1, -0.05) is 45.0 Å². The van der Waals surface area contributed by atoms with E-state index < -0.39 is 23.6 Å². The SMILES string of the molecule is COC(=O)c1ccccc1NC(=O)c1c(NC(=O)c2ccccc2F)sc2c1CC[C@@H](C(C)(C)C)C2. The number of thiophene rings is 1. The summed E-state index contributed by atoms with van der Waals surface area (Å²) in [4.78, 5) is 39.8. The number of hydrogen-bond donors (Lipinski definition) is 2. The smallest absolute Gasteiger partial charge is 0.339 e. The van der Waals surface area contributed by atoms with Gasteiger partial charge in [-0.25, -0.2) is 9.18 Å². The lowest BCUT2D eigenvalue weighted by Crippen LogP contribution is -2.27. The first-order chi connectivity index (χ1) is 17.1. The molecule has 0 radical (unpaired) electrons. The van der Waals surface area contributed by atoms with Crippen molar-refractivity contribution >= 4 is 39.8 Å². The molecule has 1 aliphatic carbocycles. The highest BCUT2D eigenvalue weighted by molar-refractivity contribution is 7.17. The number of ether oxygens (including phenoxy) is 1. The van der Waals surface area contributed by atoms with E-state index in [1.54, 1.807) is 30.3 Å². The zero-order valence-electron chi connectivity index (χ0n) is 20.7. The predicted molar refractivity (Wildman–Crippen MR) is 139 cm³/mol. The van der Waals surface area contributed by atoms with Crippen LogP contribution in [-0.2, 0) is 17.6 Å². The normalized spacial score (nSPS) is 15.1. The van der Waals surface area contributed by atoms with Crippen LogP contribution in [0.1, 0.15) is 68.7 Å². The first kappa shape index (κ1) is 25.6. The summed E-state index contributed by atoms with van der Waals surface area (Å²) < 4.78 is 19.1. The third-order valence-electron chi connectivity index (χ3n) is 6.64. The molecule has 0 saturated carbocycles. The molecular formula is C28H29FN2O4S. The van der Waals surface area contributed by atoms with Crippen LogP contribution in [0.15, 0.2) is 48.5 Å². The number of fused-ring (bicyclic) bond motifs is 1. The molecule has 2 amide bonds. The fraction of sp³-hybridized carbons (Fsp3) is 0.321. The quantitative estimate of drug-likeness (QED) is 0.395. The summed E-state index contributed by atoms with van der Waals surface area (Å²) in [6.45, 7) is 6.61. The molecule has 1 aromatic heterocycles. The Bertz CT molecular complexity index is 1330. The van der Waals surface area contributed by atoms with Gasteiger partial charge in [0, 0.05) is 4.88 Å². The highest BCUT2D eigenvalue weighted by atomic mass is 32.1. The topological polar surface area (TPSA) is 84.5 Å². The second-order valence-corrected chi connectivity index (χ2v) is 11.0. The van der Waals surface area contributed by atoms with Gasteiger partial charge < -0.3 is 15.4 Å². The molecule has 188 valence electrons. The number of hydrogen-bond acceptors (Lipinski definition) is 5. The summed E-state index contributed by atoms with van der Waals surface area (Å²) in [5, 5.41) is 5.98. The fourth-order valence-corrected chi connectivity index (χ4v) is 5.85. The average molecular weight is 509 g/mol. The van der Waals surface area contributed by atoms with E-state index in [0.717, 1.165) is 23.3 Å². The van der Waals surface area contributed by atoms with Gasteiger partial charge in [-0.3, -0.25) is 9.59 Å². The number of halogens is 1. The van der Waals surface area contributed by atoms with Gasteiger partial charge in [-0.15, -0.1) is 11.3 Å². The molecule has 1 aliphatic rings. The molecule has 0 bridgehead atoms. The van der Waals surface area contributed by atoms with Crippen molar-refractivity contribution in [3.05, 3.63) is 81.5 Å². The second-order valence-electron chi connectivity index (χ2n) is 9.94. The van der Waals surface area contributed by atoms with E-state index in [1.807, 2.05) is 0 Å². The van der Waals surface area contributed by atoms with E-state index in [-0.39, 0.29) is 16.5 Å². The lowest BCUT2D eigenvalue weighted by Gasteiger charge is -2.33. The average Bonchev–Trinajstić information content (AvgIpc) is 3.20. The molecule has 0 aliphatic heterocycles. The third-order valence-corrected chi connectivity index (χ3v) is 7.81. The minimum absolute atomic E-state index is 0.0974. The maximum Gasteiger partial charge on any atom is 0.339 e. The number of carbonyl (C=O) groups excluding carboxylic acids is 3. The third kappa shape index (κ3) is 5.18. The molecule has 1 atom stereocenters. The Hall–Kier alpha value is -3.52. The molecule has 2 aromatic carbocycles. The summed E-state index contributed by atoms with van der Waals surface area (Å²) in [7, 11) is 1.28. The van der Waals surface area contributed by atoms with E-state index >= 15 is 0 Å². The van der Waals surface area contributed by atoms with Gasteiger partial charge in [0.15, 0.2) is 0 Å². The summed E-state index contributed by atoms with van der Waals surface area (Å²) in [5.74, 6) is -1.85. The maximum atomic E-state index is 14.3. The predicted octanol–water partition coefficient (Wildman–Crippen LogP) is 6.33. The highest BCUT2D eigenvalue weighted by Crippen LogP contribution is 2.44. The molecule has 0 fully saturated rings. The van der Waals surface area contributed by atoms with Crippen molar-refractivity contribution in [2.45, 2.75) is 40.0 Å². The van der Waals surface area contributed by atoms with E-state index in [0.29, 0.717) is 28.6 Å². The molecular weight excluding hydrogens is 479 g/mol. The van der Waals surface area contributed by atoms with Crippen molar-refractivity contribution in [2.75, 3.05) is 17.7 Å². The summed E-state index contributed by atoms with van der Waals surface area (Å²) in [5.41, 5.74) is 1.77. The lowest BCUT2D eigenvalue weighted by atomic mass is 9.72. The Morgan fingerprint density at radius 2 is 1.64 bits per heavy atom. The Balaban J connectivity index is 1.72. The van der Waals surface area contributed by atoms with Crippen LogP contribution in [-0.4, -0.2) is 24.9 Å². The minimum Gasteiger partial charge on any atom is -0.465 e. The Morgan fingerprint density at radius 1 is 0.972 bits per heavy atom. The van der Waals surface area contributed by atoms with Gasteiger partial charge in [0.2, 0.25) is 0 Å².